The Bertz CT molecular complexity index is 58.6. The second-order valence-corrected chi connectivity index (χ2v) is 0.882. The van der Waals surface area contributed by atoms with Crippen molar-refractivity contribution in [3.8, 4) is 0 Å². The molecule has 0 heterocycles. The summed E-state index contributed by atoms with van der Waals surface area (Å²) in [5.74, 6) is 0. The standard InChI is InChI=1S/C4H5O.Zr/c1-4(2)3-5;/h1H2,2H3;. The maximum Gasteiger partial charge on any atom is 0.228 e. The average molecular weight is 160 g/mol. The molecule has 0 saturated carbocycles. The third-order valence-electron chi connectivity index (χ3n) is 0.174. The summed E-state index contributed by atoms with van der Waals surface area (Å²) in [4.78, 5) is 9.28. The first-order valence-corrected chi connectivity index (χ1v) is 1.31. The Morgan fingerprint density at radius 1 is 1.83 bits per heavy atom. The largest absolute Gasteiger partial charge is 0.285 e. The van der Waals surface area contributed by atoms with Crippen LogP contribution in [0.2, 0.25) is 0 Å². The van der Waals surface area contributed by atoms with E-state index in [-0.39, 0.29) is 26.2 Å². The maximum absolute atomic E-state index is 9.28. The molecule has 0 amide bonds. The Kier molecular flexibility index (Phi) is 8.44. The molecule has 0 spiro atoms. The van der Waals surface area contributed by atoms with E-state index in [4.69, 9.17) is 0 Å². The fourth-order valence-electron chi connectivity index (χ4n) is 0. The first-order chi connectivity index (χ1) is 2.27. The molecule has 0 bridgehead atoms. The molecule has 1 radical (unpaired) electrons. The van der Waals surface area contributed by atoms with E-state index in [1.54, 1.807) is 13.2 Å². The number of hydrogen-bond donors (Lipinski definition) is 0. The molecule has 0 aliphatic heterocycles. The van der Waals surface area contributed by atoms with E-state index in [2.05, 4.69) is 6.58 Å². The summed E-state index contributed by atoms with van der Waals surface area (Å²) in [6.07, 6.45) is 1.58. The van der Waals surface area contributed by atoms with Crippen LogP contribution in [0, 0.1) is 0 Å². The van der Waals surface area contributed by atoms with Gasteiger partial charge in [0.1, 0.15) is 0 Å². The van der Waals surface area contributed by atoms with Crippen molar-refractivity contribution in [1.29, 1.82) is 0 Å². The molecule has 2 heteroatoms. The minimum atomic E-state index is 0. The van der Waals surface area contributed by atoms with Gasteiger partial charge in [0.2, 0.25) is 6.29 Å². The van der Waals surface area contributed by atoms with Crippen LogP contribution in [0.25, 0.3) is 0 Å². The molecule has 0 unspecified atom stereocenters. The van der Waals surface area contributed by atoms with Crippen molar-refractivity contribution in [2.24, 2.45) is 0 Å². The van der Waals surface area contributed by atoms with Gasteiger partial charge >= 0.3 is 0 Å². The van der Waals surface area contributed by atoms with Crippen LogP contribution in [0.4, 0.5) is 0 Å². The second-order valence-electron chi connectivity index (χ2n) is 0.882. The van der Waals surface area contributed by atoms with Crippen molar-refractivity contribution < 1.29 is 31.0 Å². The molecule has 0 N–H and O–H groups in total. The normalized spacial score (nSPS) is 5.50. The monoisotopic (exact) mass is 159 g/mol. The zero-order valence-corrected chi connectivity index (χ0v) is 6.07. The van der Waals surface area contributed by atoms with Crippen molar-refractivity contribution in [2.75, 3.05) is 0 Å². The van der Waals surface area contributed by atoms with Gasteiger partial charge in [0.15, 0.2) is 0 Å². The van der Waals surface area contributed by atoms with E-state index < -0.39 is 0 Å². The van der Waals surface area contributed by atoms with Crippen LogP contribution in [0.5, 0.6) is 0 Å². The van der Waals surface area contributed by atoms with E-state index in [1.165, 1.54) is 0 Å². The number of carbonyl (C=O) groups excluding carboxylic acids is 1. The van der Waals surface area contributed by atoms with Crippen molar-refractivity contribution in [3.05, 3.63) is 12.2 Å². The third kappa shape index (κ3) is 8.85. The van der Waals surface area contributed by atoms with Crippen LogP contribution >= 0.6 is 0 Å². The Hall–Kier alpha value is 0.293. The fraction of sp³-hybridized carbons (Fsp3) is 0.250. The SMILES string of the molecule is C=C(C)[C]=O.[Zr]. The zero-order valence-electron chi connectivity index (χ0n) is 3.62. The van der Waals surface area contributed by atoms with Crippen LogP contribution in [-0.4, -0.2) is 6.29 Å². The van der Waals surface area contributed by atoms with E-state index >= 15 is 0 Å². The van der Waals surface area contributed by atoms with E-state index in [9.17, 15) is 4.79 Å². The summed E-state index contributed by atoms with van der Waals surface area (Å²) in [6, 6.07) is 0. The Labute approximate surface area is 56.6 Å². The molecule has 0 aliphatic carbocycles. The predicted octanol–water partition coefficient (Wildman–Crippen LogP) is 0.670. The van der Waals surface area contributed by atoms with Crippen molar-refractivity contribution in [1.82, 2.24) is 0 Å². The fourth-order valence-corrected chi connectivity index (χ4v) is 0. The van der Waals surface area contributed by atoms with Gasteiger partial charge < -0.3 is 0 Å². The summed E-state index contributed by atoms with van der Waals surface area (Å²) >= 11 is 0. The number of allylic oxidation sites excluding steroid dienone is 1. The molecular formula is C4H5OZr. The summed E-state index contributed by atoms with van der Waals surface area (Å²) in [6.45, 7) is 4.85. The summed E-state index contributed by atoms with van der Waals surface area (Å²) in [5.41, 5.74) is 0.449. The Morgan fingerprint density at radius 2 is 2.00 bits per heavy atom. The van der Waals surface area contributed by atoms with Gasteiger partial charge in [-0.1, -0.05) is 6.58 Å². The summed E-state index contributed by atoms with van der Waals surface area (Å²) < 4.78 is 0. The van der Waals surface area contributed by atoms with Crippen molar-refractivity contribution >= 4 is 6.29 Å². The Morgan fingerprint density at radius 3 is 2.00 bits per heavy atom. The summed E-state index contributed by atoms with van der Waals surface area (Å²) in [5, 5.41) is 0. The van der Waals surface area contributed by atoms with Crippen molar-refractivity contribution in [2.45, 2.75) is 6.92 Å². The number of rotatable bonds is 1. The van der Waals surface area contributed by atoms with E-state index in [1.807, 2.05) is 0 Å². The number of hydrogen-bond acceptors (Lipinski definition) is 1. The first-order valence-electron chi connectivity index (χ1n) is 1.31. The van der Waals surface area contributed by atoms with Gasteiger partial charge in [0.25, 0.3) is 0 Å². The van der Waals surface area contributed by atoms with Gasteiger partial charge in [-0.05, 0) is 12.5 Å². The minimum absolute atomic E-state index is 0. The van der Waals surface area contributed by atoms with Gasteiger partial charge in [-0.25, -0.2) is 0 Å². The first kappa shape index (κ1) is 9.57. The molecule has 0 fully saturated rings. The third-order valence-corrected chi connectivity index (χ3v) is 0.174. The smallest absolute Gasteiger partial charge is 0.228 e. The van der Waals surface area contributed by atoms with Gasteiger partial charge in [-0.3, -0.25) is 4.79 Å². The van der Waals surface area contributed by atoms with Gasteiger partial charge in [0, 0.05) is 26.2 Å². The molecule has 31 valence electrons. The second kappa shape index (κ2) is 5.29. The van der Waals surface area contributed by atoms with Crippen LogP contribution in [0.3, 0.4) is 0 Å². The quantitative estimate of drug-likeness (QED) is 0.515. The average Bonchev–Trinajstić information content (AvgIpc) is 1.38. The van der Waals surface area contributed by atoms with Gasteiger partial charge in [-0.15, -0.1) is 0 Å². The van der Waals surface area contributed by atoms with E-state index in [0.29, 0.717) is 5.57 Å². The molecule has 0 atom stereocenters. The molecule has 0 saturated heterocycles. The molecule has 0 aliphatic rings. The van der Waals surface area contributed by atoms with Crippen molar-refractivity contribution in [3.63, 3.8) is 0 Å². The molecule has 0 rings (SSSR count). The molecule has 0 aromatic heterocycles. The summed E-state index contributed by atoms with van der Waals surface area (Å²) in [7, 11) is 0. The Balaban J connectivity index is 0. The topological polar surface area (TPSA) is 17.1 Å². The molecule has 1 nitrogen and oxygen atoms in total. The van der Waals surface area contributed by atoms with Crippen LogP contribution < -0.4 is 0 Å². The zero-order chi connectivity index (χ0) is 4.28. The predicted molar refractivity (Wildman–Crippen MR) is 20.5 cm³/mol. The van der Waals surface area contributed by atoms with Crippen LogP contribution in [-0.2, 0) is 31.0 Å². The van der Waals surface area contributed by atoms with E-state index in [0.717, 1.165) is 0 Å². The van der Waals surface area contributed by atoms with Gasteiger partial charge in [0.05, 0.1) is 0 Å². The van der Waals surface area contributed by atoms with Crippen LogP contribution in [0.15, 0.2) is 12.2 Å². The maximum atomic E-state index is 9.28. The molecule has 0 aromatic rings. The van der Waals surface area contributed by atoms with Crippen LogP contribution in [0.1, 0.15) is 6.92 Å². The van der Waals surface area contributed by atoms with Gasteiger partial charge in [-0.2, -0.15) is 0 Å². The minimum Gasteiger partial charge on any atom is -0.285 e. The molecule has 0 aromatic carbocycles. The molecule has 6 heavy (non-hydrogen) atoms. The molecular weight excluding hydrogens is 155 g/mol.